The maximum Gasteiger partial charge on any atom is 0.211 e. The van der Waals surface area contributed by atoms with Crippen molar-refractivity contribution < 1.29 is 9.16 Å². The zero-order valence-electron chi connectivity index (χ0n) is 11.4. The van der Waals surface area contributed by atoms with Gasteiger partial charge in [-0.15, -0.1) is 0 Å². The van der Waals surface area contributed by atoms with Crippen LogP contribution in [0.2, 0.25) is 13.1 Å². The molecule has 0 unspecified atom stereocenters. The fraction of sp³-hybridized carbons (Fsp3) is 0.429. The summed E-state index contributed by atoms with van der Waals surface area (Å²) in [6.07, 6.45) is 2.42. The Kier molecular flexibility index (Phi) is 4.96. The second-order valence-corrected chi connectivity index (χ2v) is 8.65. The second-order valence-electron chi connectivity index (χ2n) is 4.88. The summed E-state index contributed by atoms with van der Waals surface area (Å²) < 4.78 is 11.1. The van der Waals surface area contributed by atoms with Crippen LogP contribution in [0.25, 0.3) is 6.08 Å². The van der Waals surface area contributed by atoms with Crippen molar-refractivity contribution in [3.63, 3.8) is 0 Å². The number of ether oxygens (including phenoxy) is 1. The van der Waals surface area contributed by atoms with Gasteiger partial charge in [0.25, 0.3) is 0 Å². The van der Waals surface area contributed by atoms with Crippen molar-refractivity contribution in [2.75, 3.05) is 7.11 Å². The van der Waals surface area contributed by atoms with Gasteiger partial charge in [0.1, 0.15) is 5.75 Å². The fourth-order valence-electron chi connectivity index (χ4n) is 1.66. The van der Waals surface area contributed by atoms with Crippen LogP contribution in [0, 0.1) is 0 Å². The van der Waals surface area contributed by atoms with Crippen molar-refractivity contribution in [3.8, 4) is 5.75 Å². The number of hydrogen-bond donors (Lipinski definition) is 0. The molecule has 0 aromatic heterocycles. The summed E-state index contributed by atoms with van der Waals surface area (Å²) in [4.78, 5) is 0. The lowest BCUT2D eigenvalue weighted by molar-refractivity contribution is 0.238. The quantitative estimate of drug-likeness (QED) is 0.738. The lowest BCUT2D eigenvalue weighted by Gasteiger charge is -2.21. The maximum atomic E-state index is 5.93. The molecule has 0 aliphatic carbocycles. The minimum Gasteiger partial charge on any atom is -0.497 e. The van der Waals surface area contributed by atoms with Crippen molar-refractivity contribution in [2.24, 2.45) is 0 Å². The summed E-state index contributed by atoms with van der Waals surface area (Å²) in [7, 11) is -0.00497. The summed E-state index contributed by atoms with van der Waals surface area (Å²) in [6, 6.07) is 8.04. The van der Waals surface area contributed by atoms with Gasteiger partial charge in [-0.1, -0.05) is 23.9 Å². The SMILES string of the molecule is COc1ccc(/C=C/[Si](C)(C)OC(C)C)cc1. The van der Waals surface area contributed by atoms with Crippen LogP contribution in [0.1, 0.15) is 19.4 Å². The van der Waals surface area contributed by atoms with E-state index in [1.165, 1.54) is 5.56 Å². The third-order valence-electron chi connectivity index (χ3n) is 2.33. The molecule has 2 nitrogen and oxygen atoms in total. The molecule has 94 valence electrons. The minimum absolute atomic E-state index is 0.289. The van der Waals surface area contributed by atoms with E-state index in [1.54, 1.807) is 7.11 Å². The number of rotatable bonds is 5. The van der Waals surface area contributed by atoms with Gasteiger partial charge in [-0.3, -0.25) is 0 Å². The molecule has 17 heavy (non-hydrogen) atoms. The van der Waals surface area contributed by atoms with Crippen LogP contribution in [0.4, 0.5) is 0 Å². The molecule has 1 aromatic rings. The number of methoxy groups -OCH3 is 1. The van der Waals surface area contributed by atoms with Gasteiger partial charge >= 0.3 is 0 Å². The van der Waals surface area contributed by atoms with Crippen LogP contribution in [0.5, 0.6) is 5.75 Å². The van der Waals surface area contributed by atoms with E-state index in [2.05, 4.69) is 50.8 Å². The Labute approximate surface area is 105 Å². The molecule has 0 saturated carbocycles. The summed E-state index contributed by atoms with van der Waals surface area (Å²) in [5.74, 6) is 0.886. The smallest absolute Gasteiger partial charge is 0.211 e. The largest absolute Gasteiger partial charge is 0.497 e. The molecular weight excluding hydrogens is 228 g/mol. The standard InChI is InChI=1S/C14H22O2Si/c1-12(2)16-17(4,5)11-10-13-6-8-14(15-3)9-7-13/h6-12H,1-5H3/b11-10+. The van der Waals surface area contributed by atoms with Gasteiger partial charge in [0.2, 0.25) is 8.32 Å². The van der Waals surface area contributed by atoms with Gasteiger partial charge in [-0.05, 0) is 44.6 Å². The molecule has 0 aliphatic rings. The van der Waals surface area contributed by atoms with Gasteiger partial charge in [-0.2, -0.15) is 0 Å². The van der Waals surface area contributed by atoms with Crippen molar-refractivity contribution >= 4 is 14.4 Å². The highest BCUT2D eigenvalue weighted by Gasteiger charge is 2.19. The molecule has 0 N–H and O–H groups in total. The Morgan fingerprint density at radius 1 is 1.12 bits per heavy atom. The van der Waals surface area contributed by atoms with Crippen LogP contribution in [-0.2, 0) is 4.43 Å². The second kappa shape index (κ2) is 6.03. The predicted octanol–water partition coefficient (Wildman–Crippen LogP) is 3.88. The molecule has 1 aromatic carbocycles. The highest BCUT2D eigenvalue weighted by molar-refractivity contribution is 6.76. The minimum atomic E-state index is -1.68. The highest BCUT2D eigenvalue weighted by Crippen LogP contribution is 2.15. The fourth-order valence-corrected chi connectivity index (χ4v) is 3.55. The molecule has 0 fully saturated rings. The third kappa shape index (κ3) is 5.19. The van der Waals surface area contributed by atoms with E-state index in [4.69, 9.17) is 9.16 Å². The molecule has 0 aliphatic heterocycles. The highest BCUT2D eigenvalue weighted by atomic mass is 28.4. The Hall–Kier alpha value is -1.06. The summed E-state index contributed by atoms with van der Waals surface area (Å²) >= 11 is 0. The van der Waals surface area contributed by atoms with E-state index in [0.29, 0.717) is 0 Å². The summed E-state index contributed by atoms with van der Waals surface area (Å²) in [5.41, 5.74) is 3.40. The van der Waals surface area contributed by atoms with Crippen LogP contribution in [-0.4, -0.2) is 21.5 Å². The molecule has 0 heterocycles. The van der Waals surface area contributed by atoms with E-state index < -0.39 is 8.32 Å². The van der Waals surface area contributed by atoms with Crippen LogP contribution in [0.3, 0.4) is 0 Å². The molecule has 0 saturated heterocycles. The lowest BCUT2D eigenvalue weighted by Crippen LogP contribution is -2.31. The third-order valence-corrected chi connectivity index (χ3v) is 4.38. The Morgan fingerprint density at radius 2 is 1.71 bits per heavy atom. The van der Waals surface area contributed by atoms with Crippen molar-refractivity contribution in [3.05, 3.63) is 35.5 Å². The Bertz CT molecular complexity index is 366. The van der Waals surface area contributed by atoms with Gasteiger partial charge < -0.3 is 9.16 Å². The number of benzene rings is 1. The lowest BCUT2D eigenvalue weighted by atomic mass is 10.2. The zero-order chi connectivity index (χ0) is 12.9. The topological polar surface area (TPSA) is 18.5 Å². The average Bonchev–Trinajstić information content (AvgIpc) is 2.25. The monoisotopic (exact) mass is 250 g/mol. The van der Waals surface area contributed by atoms with Gasteiger partial charge in [0.15, 0.2) is 0 Å². The van der Waals surface area contributed by atoms with E-state index in [9.17, 15) is 0 Å². The van der Waals surface area contributed by atoms with E-state index in [1.807, 2.05) is 12.1 Å². The Balaban J connectivity index is 2.68. The van der Waals surface area contributed by atoms with E-state index in [0.717, 1.165) is 5.75 Å². The van der Waals surface area contributed by atoms with Crippen LogP contribution in [0.15, 0.2) is 30.0 Å². The molecular formula is C14H22O2Si. The molecule has 0 atom stereocenters. The molecule has 0 radical (unpaired) electrons. The predicted molar refractivity (Wildman–Crippen MR) is 75.7 cm³/mol. The molecule has 1 rings (SSSR count). The van der Waals surface area contributed by atoms with E-state index in [-0.39, 0.29) is 6.10 Å². The van der Waals surface area contributed by atoms with E-state index >= 15 is 0 Å². The first kappa shape index (κ1) is 14.0. The first-order chi connectivity index (χ1) is 7.93. The average molecular weight is 250 g/mol. The van der Waals surface area contributed by atoms with Gasteiger partial charge in [-0.25, -0.2) is 0 Å². The summed E-state index contributed by atoms with van der Waals surface area (Å²) in [5, 5.41) is 0. The first-order valence-corrected chi connectivity index (χ1v) is 8.92. The van der Waals surface area contributed by atoms with Crippen molar-refractivity contribution in [1.82, 2.24) is 0 Å². The van der Waals surface area contributed by atoms with Gasteiger partial charge in [0, 0.05) is 6.10 Å². The van der Waals surface area contributed by atoms with Crippen molar-refractivity contribution in [2.45, 2.75) is 33.0 Å². The van der Waals surface area contributed by atoms with Crippen LogP contribution < -0.4 is 4.74 Å². The summed E-state index contributed by atoms with van der Waals surface area (Å²) in [6.45, 7) is 8.56. The molecule has 3 heteroatoms. The zero-order valence-corrected chi connectivity index (χ0v) is 12.4. The maximum absolute atomic E-state index is 5.93. The van der Waals surface area contributed by atoms with Gasteiger partial charge in [0.05, 0.1) is 7.11 Å². The molecule has 0 spiro atoms. The Morgan fingerprint density at radius 3 is 2.18 bits per heavy atom. The number of hydrogen-bond acceptors (Lipinski definition) is 2. The normalized spacial score (nSPS) is 12.4. The first-order valence-electron chi connectivity index (χ1n) is 5.94. The van der Waals surface area contributed by atoms with Crippen LogP contribution >= 0.6 is 0 Å². The molecule has 0 amide bonds. The molecule has 0 bridgehead atoms. The van der Waals surface area contributed by atoms with Crippen molar-refractivity contribution in [1.29, 1.82) is 0 Å².